The van der Waals surface area contributed by atoms with Crippen LogP contribution in [0.1, 0.15) is 27.2 Å². The molecule has 2 aromatic carbocycles. The highest BCUT2D eigenvalue weighted by Crippen LogP contribution is 2.27. The molecule has 0 spiro atoms. The molecule has 0 aliphatic heterocycles. The highest BCUT2D eigenvalue weighted by Gasteiger charge is 2.17. The van der Waals surface area contributed by atoms with Gasteiger partial charge in [0.05, 0.1) is 16.6 Å². The molecule has 2 amide bonds. The molecule has 0 radical (unpaired) electrons. The van der Waals surface area contributed by atoms with Gasteiger partial charge in [-0.05, 0) is 49.6 Å². The lowest BCUT2D eigenvalue weighted by atomic mass is 10.1. The maximum atomic E-state index is 12.7. The van der Waals surface area contributed by atoms with Gasteiger partial charge in [-0.2, -0.15) is 0 Å². The van der Waals surface area contributed by atoms with Gasteiger partial charge in [-0.25, -0.2) is 9.67 Å². The van der Waals surface area contributed by atoms with Crippen molar-refractivity contribution in [3.63, 3.8) is 0 Å². The molecule has 4 aromatic rings. The zero-order valence-electron chi connectivity index (χ0n) is 19.5. The van der Waals surface area contributed by atoms with Crippen molar-refractivity contribution in [3.8, 4) is 5.88 Å². The Balaban J connectivity index is 1.38. The molecule has 0 aliphatic rings. The largest absolute Gasteiger partial charge is 0.466 e. The van der Waals surface area contributed by atoms with E-state index >= 15 is 0 Å². The summed E-state index contributed by atoms with van der Waals surface area (Å²) >= 11 is 0. The van der Waals surface area contributed by atoms with E-state index in [1.165, 1.54) is 0 Å². The van der Waals surface area contributed by atoms with E-state index in [0.717, 1.165) is 28.6 Å². The molecule has 0 bridgehead atoms. The van der Waals surface area contributed by atoms with Crippen LogP contribution in [-0.4, -0.2) is 39.7 Å². The number of benzene rings is 2. The predicted octanol–water partition coefficient (Wildman–Crippen LogP) is 3.58. The number of pyridine rings is 1. The number of rotatable bonds is 8. The summed E-state index contributed by atoms with van der Waals surface area (Å²) < 4.78 is 7.36. The molecule has 8 heteroatoms. The Morgan fingerprint density at radius 1 is 1.03 bits per heavy atom. The summed E-state index contributed by atoms with van der Waals surface area (Å²) in [6, 6.07) is 18.8. The quantitative estimate of drug-likeness (QED) is 0.422. The molecule has 0 unspecified atom stereocenters. The third-order valence-corrected chi connectivity index (χ3v) is 5.41. The van der Waals surface area contributed by atoms with Gasteiger partial charge < -0.3 is 15.4 Å². The average molecular weight is 458 g/mol. The van der Waals surface area contributed by atoms with Crippen LogP contribution in [0.3, 0.4) is 0 Å². The van der Waals surface area contributed by atoms with Crippen molar-refractivity contribution >= 4 is 28.5 Å². The third-order valence-electron chi connectivity index (χ3n) is 5.41. The fourth-order valence-electron chi connectivity index (χ4n) is 3.82. The van der Waals surface area contributed by atoms with Crippen LogP contribution < -0.4 is 15.4 Å². The zero-order valence-corrected chi connectivity index (χ0v) is 19.5. The van der Waals surface area contributed by atoms with E-state index in [-0.39, 0.29) is 18.4 Å². The number of nitrogens with zero attached hydrogens (tertiary/aromatic N) is 3. The predicted molar refractivity (Wildman–Crippen MR) is 131 cm³/mol. The van der Waals surface area contributed by atoms with Gasteiger partial charge in [0.25, 0.3) is 11.8 Å². The van der Waals surface area contributed by atoms with E-state index in [9.17, 15) is 9.59 Å². The number of carbonyl (C=O) groups is 2. The van der Waals surface area contributed by atoms with Crippen LogP contribution in [0.4, 0.5) is 5.69 Å². The third kappa shape index (κ3) is 5.23. The molecular formula is C26H27N5O3. The van der Waals surface area contributed by atoms with Gasteiger partial charge in [0.15, 0.2) is 12.3 Å². The molecule has 0 aliphatic carbocycles. The summed E-state index contributed by atoms with van der Waals surface area (Å²) in [5, 5.41) is 10.8. The number of nitrogens with one attached hydrogen (secondary N) is 2. The minimum Gasteiger partial charge on any atom is -0.466 e. The van der Waals surface area contributed by atoms with E-state index < -0.39 is 0 Å². The van der Waals surface area contributed by atoms with E-state index in [1.54, 1.807) is 36.0 Å². The first kappa shape index (κ1) is 23.0. The minimum atomic E-state index is -0.388. The molecule has 8 nitrogen and oxygen atoms in total. The van der Waals surface area contributed by atoms with E-state index in [2.05, 4.69) is 20.7 Å². The number of anilines is 1. The second-order valence-electron chi connectivity index (χ2n) is 8.08. The number of ether oxygens (including phenoxy) is 1. The van der Waals surface area contributed by atoms with Crippen LogP contribution in [0, 0.1) is 13.8 Å². The van der Waals surface area contributed by atoms with Crippen molar-refractivity contribution in [2.75, 3.05) is 18.5 Å². The molecule has 4 rings (SSSR count). The fraction of sp³-hybridized carbons (Fsp3) is 0.231. The van der Waals surface area contributed by atoms with Crippen LogP contribution in [0.15, 0.2) is 60.7 Å². The second kappa shape index (κ2) is 10.2. The molecule has 2 heterocycles. The Kier molecular flexibility index (Phi) is 6.87. The maximum absolute atomic E-state index is 12.7. The number of carbonyl (C=O) groups excluding carboxylic acids is 2. The first-order chi connectivity index (χ1) is 16.4. The van der Waals surface area contributed by atoms with Crippen LogP contribution in [0.5, 0.6) is 5.88 Å². The molecule has 0 saturated heterocycles. The summed E-state index contributed by atoms with van der Waals surface area (Å²) in [6.07, 6.45) is 0.723. The smallest absolute Gasteiger partial charge is 0.262 e. The number of hydrogen-bond acceptors (Lipinski definition) is 5. The number of hydrogen-bond donors (Lipinski definition) is 2. The van der Waals surface area contributed by atoms with Crippen molar-refractivity contribution in [2.24, 2.45) is 7.05 Å². The van der Waals surface area contributed by atoms with Crippen LogP contribution >= 0.6 is 0 Å². The van der Waals surface area contributed by atoms with Crippen molar-refractivity contribution < 1.29 is 14.3 Å². The van der Waals surface area contributed by atoms with E-state index in [1.807, 2.05) is 50.2 Å². The maximum Gasteiger partial charge on any atom is 0.262 e. The Morgan fingerprint density at radius 2 is 1.76 bits per heavy atom. The molecule has 2 aromatic heterocycles. The number of para-hydroxylation sites is 1. The highest BCUT2D eigenvalue weighted by molar-refractivity contribution is 6.04. The monoisotopic (exact) mass is 457 g/mol. The standard InChI is InChI=1S/C26H27N5O3/c1-17-15-18(2)28-24-23(17)26(30-31(24)3)34-16-22(32)29-21-12-8-7-11-20(21)25(33)27-14-13-19-9-5-4-6-10-19/h4-12,15H,13-14,16H2,1-3H3,(H,27,33)(H,29,32). The molecule has 0 saturated carbocycles. The first-order valence-corrected chi connectivity index (χ1v) is 11.1. The van der Waals surface area contributed by atoms with Crippen LogP contribution in [-0.2, 0) is 18.3 Å². The van der Waals surface area contributed by atoms with Gasteiger partial charge in [-0.15, -0.1) is 5.10 Å². The molecule has 0 atom stereocenters. The number of aryl methyl sites for hydroxylation is 3. The SMILES string of the molecule is Cc1cc(C)c2c(OCC(=O)Nc3ccccc3C(=O)NCCc3ccccc3)nn(C)c2n1. The number of aromatic nitrogens is 3. The minimum absolute atomic E-state index is 0.247. The summed E-state index contributed by atoms with van der Waals surface area (Å²) in [4.78, 5) is 29.8. The lowest BCUT2D eigenvalue weighted by molar-refractivity contribution is -0.118. The average Bonchev–Trinajstić information content (AvgIpc) is 3.14. The van der Waals surface area contributed by atoms with E-state index in [4.69, 9.17) is 4.74 Å². The summed E-state index contributed by atoms with van der Waals surface area (Å²) in [5.41, 5.74) is 4.52. The van der Waals surface area contributed by atoms with Crippen molar-refractivity contribution in [1.82, 2.24) is 20.1 Å². The summed E-state index contributed by atoms with van der Waals surface area (Å²) in [6.45, 7) is 4.12. The fourth-order valence-corrected chi connectivity index (χ4v) is 3.82. The van der Waals surface area contributed by atoms with Gasteiger partial charge >= 0.3 is 0 Å². The van der Waals surface area contributed by atoms with Crippen LogP contribution in [0.25, 0.3) is 11.0 Å². The van der Waals surface area contributed by atoms with Gasteiger partial charge in [0, 0.05) is 19.3 Å². The molecule has 174 valence electrons. The lowest BCUT2D eigenvalue weighted by Crippen LogP contribution is -2.28. The zero-order chi connectivity index (χ0) is 24.1. The Morgan fingerprint density at radius 3 is 2.56 bits per heavy atom. The van der Waals surface area contributed by atoms with Crippen molar-refractivity contribution in [2.45, 2.75) is 20.3 Å². The van der Waals surface area contributed by atoms with Crippen molar-refractivity contribution in [1.29, 1.82) is 0 Å². The summed E-state index contributed by atoms with van der Waals surface area (Å²) in [5.74, 6) is -0.286. The highest BCUT2D eigenvalue weighted by atomic mass is 16.5. The van der Waals surface area contributed by atoms with E-state index in [0.29, 0.717) is 29.3 Å². The normalized spacial score (nSPS) is 10.8. The summed E-state index contributed by atoms with van der Waals surface area (Å²) in [7, 11) is 1.79. The molecule has 34 heavy (non-hydrogen) atoms. The Hall–Kier alpha value is -4.20. The molecular weight excluding hydrogens is 430 g/mol. The van der Waals surface area contributed by atoms with Gasteiger partial charge in [0.2, 0.25) is 5.88 Å². The topological polar surface area (TPSA) is 98.1 Å². The van der Waals surface area contributed by atoms with Crippen LogP contribution in [0.2, 0.25) is 0 Å². The lowest BCUT2D eigenvalue weighted by Gasteiger charge is -2.12. The van der Waals surface area contributed by atoms with Gasteiger partial charge in [0.1, 0.15) is 0 Å². The Bertz CT molecular complexity index is 1330. The first-order valence-electron chi connectivity index (χ1n) is 11.1. The van der Waals surface area contributed by atoms with Crippen molar-refractivity contribution in [3.05, 3.63) is 83.0 Å². The van der Waals surface area contributed by atoms with Gasteiger partial charge in [-0.3, -0.25) is 9.59 Å². The molecule has 2 N–H and O–H groups in total. The van der Waals surface area contributed by atoms with Gasteiger partial charge in [-0.1, -0.05) is 42.5 Å². The molecule has 0 fully saturated rings. The number of amides is 2. The Labute approximate surface area is 198 Å². The second-order valence-corrected chi connectivity index (χ2v) is 8.08. The number of fused-ring (bicyclic) bond motifs is 1.